The first-order valence-corrected chi connectivity index (χ1v) is 9.34. The lowest BCUT2D eigenvalue weighted by Crippen LogP contribution is -2.26. The Hall–Kier alpha value is -2.47. The lowest BCUT2D eigenvalue weighted by molar-refractivity contribution is -0.121. The predicted molar refractivity (Wildman–Crippen MR) is 103 cm³/mol. The highest BCUT2D eigenvalue weighted by atomic mass is 79.9. The van der Waals surface area contributed by atoms with Crippen LogP contribution in [0.15, 0.2) is 63.5 Å². The van der Waals surface area contributed by atoms with E-state index in [1.165, 1.54) is 0 Å². The van der Waals surface area contributed by atoms with Crippen molar-refractivity contribution in [2.75, 3.05) is 0 Å². The summed E-state index contributed by atoms with van der Waals surface area (Å²) in [4.78, 5) is 12.1. The van der Waals surface area contributed by atoms with Crippen molar-refractivity contribution in [1.82, 2.24) is 15.5 Å². The zero-order valence-corrected chi connectivity index (χ0v) is 16.1. The molecule has 0 aliphatic carbocycles. The van der Waals surface area contributed by atoms with Crippen LogP contribution < -0.4 is 5.32 Å². The maximum absolute atomic E-state index is 12.1. The third-order valence-corrected chi connectivity index (χ3v) is 4.50. The molecule has 134 valence electrons. The summed E-state index contributed by atoms with van der Waals surface area (Å²) in [5.41, 5.74) is 1.96. The van der Waals surface area contributed by atoms with Gasteiger partial charge in [-0.3, -0.25) is 4.79 Å². The van der Waals surface area contributed by atoms with E-state index >= 15 is 0 Å². The third-order valence-electron chi connectivity index (χ3n) is 4.01. The van der Waals surface area contributed by atoms with Gasteiger partial charge in [0.15, 0.2) is 0 Å². The Labute approximate surface area is 161 Å². The van der Waals surface area contributed by atoms with Crippen LogP contribution >= 0.6 is 15.9 Å². The van der Waals surface area contributed by atoms with Crippen LogP contribution in [0, 0.1) is 0 Å². The van der Waals surface area contributed by atoms with Crippen LogP contribution in [-0.2, 0) is 11.2 Å². The Kier molecular flexibility index (Phi) is 6.17. The monoisotopic (exact) mass is 413 g/mol. The number of nitrogens with zero attached hydrogens (tertiary/aromatic N) is 2. The Morgan fingerprint density at radius 2 is 1.96 bits per heavy atom. The second-order valence-corrected chi connectivity index (χ2v) is 6.98. The molecule has 26 heavy (non-hydrogen) atoms. The highest BCUT2D eigenvalue weighted by molar-refractivity contribution is 9.10. The number of carbonyl (C=O) groups excluding carboxylic acids is 1. The van der Waals surface area contributed by atoms with Gasteiger partial charge in [-0.15, -0.1) is 10.2 Å². The van der Waals surface area contributed by atoms with Crippen LogP contribution in [0.3, 0.4) is 0 Å². The number of rotatable bonds is 7. The van der Waals surface area contributed by atoms with Crippen molar-refractivity contribution in [2.24, 2.45) is 0 Å². The van der Waals surface area contributed by atoms with Crippen molar-refractivity contribution in [2.45, 2.75) is 32.2 Å². The van der Waals surface area contributed by atoms with Gasteiger partial charge < -0.3 is 9.73 Å². The van der Waals surface area contributed by atoms with E-state index in [1.807, 2.05) is 61.5 Å². The molecule has 3 rings (SSSR count). The zero-order valence-electron chi connectivity index (χ0n) is 14.5. The summed E-state index contributed by atoms with van der Waals surface area (Å²) in [5.74, 6) is 1.07. The molecule has 5 nitrogen and oxygen atoms in total. The molecule has 0 unspecified atom stereocenters. The summed E-state index contributed by atoms with van der Waals surface area (Å²) >= 11 is 3.45. The Bertz CT molecular complexity index is 864. The zero-order chi connectivity index (χ0) is 18.4. The summed E-state index contributed by atoms with van der Waals surface area (Å²) in [6.07, 6.45) is 1.66. The van der Waals surface area contributed by atoms with Gasteiger partial charge in [0.1, 0.15) is 0 Å². The van der Waals surface area contributed by atoms with Gasteiger partial charge in [0.05, 0.1) is 6.04 Å². The number of aryl methyl sites for hydroxylation is 1. The molecule has 1 heterocycles. The molecule has 1 atom stereocenters. The molecule has 3 aromatic rings. The van der Waals surface area contributed by atoms with Crippen LogP contribution in [0.4, 0.5) is 0 Å². The number of carbonyl (C=O) groups is 1. The summed E-state index contributed by atoms with van der Waals surface area (Å²) in [5, 5.41) is 11.1. The number of nitrogens with one attached hydrogen (secondary N) is 1. The minimum atomic E-state index is -0.0342. The summed E-state index contributed by atoms with van der Waals surface area (Å²) in [7, 11) is 0. The molecule has 1 N–H and O–H groups in total. The van der Waals surface area contributed by atoms with Gasteiger partial charge in [-0.25, -0.2) is 0 Å². The van der Waals surface area contributed by atoms with Crippen molar-refractivity contribution in [3.63, 3.8) is 0 Å². The lowest BCUT2D eigenvalue weighted by atomic mass is 10.1. The molecule has 0 aliphatic heterocycles. The topological polar surface area (TPSA) is 68.0 Å². The number of aromatic nitrogens is 2. The van der Waals surface area contributed by atoms with Crippen LogP contribution in [0.5, 0.6) is 0 Å². The van der Waals surface area contributed by atoms with E-state index in [2.05, 4.69) is 31.4 Å². The summed E-state index contributed by atoms with van der Waals surface area (Å²) in [6.45, 7) is 1.98. The first kappa shape index (κ1) is 18.3. The molecular weight excluding hydrogens is 394 g/mol. The summed E-state index contributed by atoms with van der Waals surface area (Å²) in [6, 6.07) is 17.5. The average Bonchev–Trinajstić information content (AvgIpc) is 3.11. The molecule has 0 aliphatic rings. The lowest BCUT2D eigenvalue weighted by Gasteiger charge is -2.14. The standard InChI is InChI=1S/C20H20BrN3O2/c1-14(16-9-5-10-17(21)13-16)22-18(25)11-6-12-19-23-24-20(26-19)15-7-3-2-4-8-15/h2-5,7-10,13-14H,6,11-12H2,1H3,(H,22,25)/t14-/m0/s1. The minimum absolute atomic E-state index is 0.0141. The fourth-order valence-electron chi connectivity index (χ4n) is 2.63. The van der Waals surface area contributed by atoms with Crippen molar-refractivity contribution >= 4 is 21.8 Å². The molecule has 0 saturated carbocycles. The fraction of sp³-hybridized carbons (Fsp3) is 0.250. The maximum Gasteiger partial charge on any atom is 0.247 e. The number of hydrogen-bond acceptors (Lipinski definition) is 4. The molecule has 1 amide bonds. The second kappa shape index (κ2) is 8.76. The van der Waals surface area contributed by atoms with Crippen molar-refractivity contribution < 1.29 is 9.21 Å². The van der Waals surface area contributed by atoms with Gasteiger partial charge >= 0.3 is 0 Å². The van der Waals surface area contributed by atoms with Gasteiger partial charge in [-0.2, -0.15) is 0 Å². The van der Waals surface area contributed by atoms with Gasteiger partial charge in [-0.1, -0.05) is 46.3 Å². The highest BCUT2D eigenvalue weighted by Crippen LogP contribution is 2.19. The average molecular weight is 414 g/mol. The van der Waals surface area contributed by atoms with Gasteiger partial charge in [-0.05, 0) is 43.2 Å². The van der Waals surface area contributed by atoms with Gasteiger partial charge in [0.25, 0.3) is 0 Å². The van der Waals surface area contributed by atoms with Crippen LogP contribution in [0.25, 0.3) is 11.5 Å². The maximum atomic E-state index is 12.1. The van der Waals surface area contributed by atoms with Gasteiger partial charge in [0.2, 0.25) is 17.7 Å². The van der Waals surface area contributed by atoms with Crippen molar-refractivity contribution in [3.05, 3.63) is 70.5 Å². The number of benzene rings is 2. The molecule has 0 radical (unpaired) electrons. The number of hydrogen-bond donors (Lipinski definition) is 1. The molecule has 0 fully saturated rings. The fourth-order valence-corrected chi connectivity index (χ4v) is 3.04. The van der Waals surface area contributed by atoms with Crippen molar-refractivity contribution in [3.8, 4) is 11.5 Å². The normalized spacial score (nSPS) is 11.9. The van der Waals surface area contributed by atoms with E-state index in [1.54, 1.807) is 0 Å². The van der Waals surface area contributed by atoms with E-state index in [9.17, 15) is 4.79 Å². The number of halogens is 1. The smallest absolute Gasteiger partial charge is 0.247 e. The second-order valence-electron chi connectivity index (χ2n) is 6.06. The van der Waals surface area contributed by atoms with E-state index < -0.39 is 0 Å². The molecule has 1 aromatic heterocycles. The quantitative estimate of drug-likeness (QED) is 0.609. The molecule has 6 heteroatoms. The Morgan fingerprint density at radius 3 is 2.73 bits per heavy atom. The number of amides is 1. The van der Waals surface area contributed by atoms with E-state index in [0.29, 0.717) is 31.0 Å². The minimum Gasteiger partial charge on any atom is -0.421 e. The molecule has 0 spiro atoms. The SMILES string of the molecule is C[C@H](NC(=O)CCCc1nnc(-c2ccccc2)o1)c1cccc(Br)c1. The first-order valence-electron chi connectivity index (χ1n) is 8.54. The Morgan fingerprint density at radius 1 is 1.15 bits per heavy atom. The van der Waals surface area contributed by atoms with Gasteiger partial charge in [0, 0.05) is 22.9 Å². The Balaban J connectivity index is 1.46. The molecular formula is C20H20BrN3O2. The molecule has 0 saturated heterocycles. The third kappa shape index (κ3) is 5.02. The van der Waals surface area contributed by atoms with E-state index in [0.717, 1.165) is 15.6 Å². The van der Waals surface area contributed by atoms with E-state index in [4.69, 9.17) is 4.42 Å². The highest BCUT2D eigenvalue weighted by Gasteiger charge is 2.12. The predicted octanol–water partition coefficient (Wildman–Crippen LogP) is 4.70. The van der Waals surface area contributed by atoms with Crippen LogP contribution in [0.2, 0.25) is 0 Å². The first-order chi connectivity index (χ1) is 12.6. The largest absolute Gasteiger partial charge is 0.421 e. The van der Waals surface area contributed by atoms with E-state index in [-0.39, 0.29) is 11.9 Å². The molecule has 0 bridgehead atoms. The molecule has 2 aromatic carbocycles. The van der Waals surface area contributed by atoms with Crippen LogP contribution in [0.1, 0.15) is 37.3 Å². The van der Waals surface area contributed by atoms with Crippen molar-refractivity contribution in [1.29, 1.82) is 0 Å². The van der Waals surface area contributed by atoms with Crippen LogP contribution in [-0.4, -0.2) is 16.1 Å². The summed E-state index contributed by atoms with van der Waals surface area (Å²) < 4.78 is 6.66.